The van der Waals surface area contributed by atoms with E-state index in [0.717, 1.165) is 5.69 Å². The smallest absolute Gasteiger partial charge is 0.0959 e. The molecule has 2 nitrogen and oxygen atoms in total. The summed E-state index contributed by atoms with van der Waals surface area (Å²) >= 11 is 3.82. The van der Waals surface area contributed by atoms with Crippen LogP contribution in [0.4, 0.5) is 0 Å². The van der Waals surface area contributed by atoms with Crippen LogP contribution >= 0.6 is 23.1 Å². The predicted octanol–water partition coefficient (Wildman–Crippen LogP) is 2.85. The number of aliphatic hydroxyl groups excluding tert-OH is 1. The molecular weight excluding hydrogens is 226 g/mol. The molecule has 1 N–H and O–H groups in total. The van der Waals surface area contributed by atoms with Gasteiger partial charge in [-0.25, -0.2) is 4.98 Å². The summed E-state index contributed by atoms with van der Waals surface area (Å²) in [6.07, 6.45) is 2.54. The molecule has 0 bridgehead atoms. The lowest BCUT2D eigenvalue weighted by Gasteiger charge is -2.18. The molecule has 2 heterocycles. The molecule has 1 aromatic rings. The maximum Gasteiger partial charge on any atom is 0.0959 e. The predicted molar refractivity (Wildman–Crippen MR) is 66.9 cm³/mol. The van der Waals surface area contributed by atoms with E-state index in [1.165, 1.54) is 29.4 Å². The van der Waals surface area contributed by atoms with Crippen LogP contribution in [0.2, 0.25) is 0 Å². The average molecular weight is 243 g/mol. The van der Waals surface area contributed by atoms with E-state index < -0.39 is 0 Å². The summed E-state index contributed by atoms with van der Waals surface area (Å²) in [5.74, 6) is 3.41. The maximum absolute atomic E-state index is 9.07. The van der Waals surface area contributed by atoms with Crippen LogP contribution in [0.15, 0.2) is 5.38 Å². The first-order valence-electron chi connectivity index (χ1n) is 5.45. The van der Waals surface area contributed by atoms with Gasteiger partial charge in [0.2, 0.25) is 0 Å². The van der Waals surface area contributed by atoms with E-state index in [9.17, 15) is 0 Å². The number of nitrogens with zero attached hydrogens (tertiary/aromatic N) is 1. The molecule has 0 aliphatic carbocycles. The molecule has 1 aliphatic rings. The highest BCUT2D eigenvalue weighted by molar-refractivity contribution is 7.99. The fourth-order valence-electron chi connectivity index (χ4n) is 1.75. The Bertz CT molecular complexity index is 307. The Kier molecular flexibility index (Phi) is 4.05. The SMILES string of the molecule is CC(CO)c1csc(C2CCSCC2)n1. The lowest BCUT2D eigenvalue weighted by Crippen LogP contribution is -2.08. The van der Waals surface area contributed by atoms with Gasteiger partial charge in [-0.15, -0.1) is 11.3 Å². The largest absolute Gasteiger partial charge is 0.396 e. The van der Waals surface area contributed by atoms with E-state index >= 15 is 0 Å². The van der Waals surface area contributed by atoms with Crippen molar-refractivity contribution in [2.75, 3.05) is 18.1 Å². The van der Waals surface area contributed by atoms with E-state index in [-0.39, 0.29) is 12.5 Å². The lowest BCUT2D eigenvalue weighted by atomic mass is 10.0. The number of aliphatic hydroxyl groups is 1. The molecule has 1 atom stereocenters. The minimum absolute atomic E-state index is 0.188. The molecule has 0 saturated carbocycles. The molecule has 15 heavy (non-hydrogen) atoms. The van der Waals surface area contributed by atoms with Crippen molar-refractivity contribution in [1.82, 2.24) is 4.98 Å². The second-order valence-corrected chi connectivity index (χ2v) is 6.20. The lowest BCUT2D eigenvalue weighted by molar-refractivity contribution is 0.271. The summed E-state index contributed by atoms with van der Waals surface area (Å²) in [7, 11) is 0. The molecule has 1 saturated heterocycles. The van der Waals surface area contributed by atoms with Crippen LogP contribution in [0, 0.1) is 0 Å². The van der Waals surface area contributed by atoms with Crippen LogP contribution in [-0.2, 0) is 0 Å². The highest BCUT2D eigenvalue weighted by Gasteiger charge is 2.19. The van der Waals surface area contributed by atoms with Crippen LogP contribution < -0.4 is 0 Å². The minimum atomic E-state index is 0.188. The van der Waals surface area contributed by atoms with E-state index in [1.54, 1.807) is 11.3 Å². The van der Waals surface area contributed by atoms with Crippen LogP contribution in [0.25, 0.3) is 0 Å². The third-order valence-electron chi connectivity index (χ3n) is 2.89. The summed E-state index contributed by atoms with van der Waals surface area (Å²) in [6, 6.07) is 0. The van der Waals surface area contributed by atoms with Crippen molar-refractivity contribution >= 4 is 23.1 Å². The van der Waals surface area contributed by atoms with E-state index in [2.05, 4.69) is 10.4 Å². The minimum Gasteiger partial charge on any atom is -0.396 e. The molecule has 0 spiro atoms. The highest BCUT2D eigenvalue weighted by Crippen LogP contribution is 2.34. The number of aromatic nitrogens is 1. The standard InChI is InChI=1S/C11H17NOS2/c1-8(6-13)10-7-15-11(12-10)9-2-4-14-5-3-9/h7-9,13H,2-6H2,1H3. The van der Waals surface area contributed by atoms with Crippen molar-refractivity contribution in [3.63, 3.8) is 0 Å². The Labute approximate surface area is 99.1 Å². The van der Waals surface area contributed by atoms with Gasteiger partial charge in [0.25, 0.3) is 0 Å². The molecule has 1 aliphatic heterocycles. The summed E-state index contributed by atoms with van der Waals surface area (Å²) in [5, 5.41) is 12.5. The van der Waals surface area contributed by atoms with Crippen LogP contribution in [-0.4, -0.2) is 28.2 Å². The van der Waals surface area contributed by atoms with E-state index in [0.29, 0.717) is 5.92 Å². The van der Waals surface area contributed by atoms with E-state index in [4.69, 9.17) is 5.11 Å². The molecule has 1 fully saturated rings. The zero-order valence-electron chi connectivity index (χ0n) is 8.98. The number of rotatable bonds is 3. The molecule has 2 rings (SSSR count). The Morgan fingerprint density at radius 3 is 2.93 bits per heavy atom. The Morgan fingerprint density at radius 1 is 1.53 bits per heavy atom. The average Bonchev–Trinajstić information content (AvgIpc) is 2.78. The van der Waals surface area contributed by atoms with Gasteiger partial charge < -0.3 is 5.11 Å². The second-order valence-electron chi connectivity index (χ2n) is 4.08. The van der Waals surface area contributed by atoms with Crippen molar-refractivity contribution in [2.24, 2.45) is 0 Å². The summed E-state index contributed by atoms with van der Waals surface area (Å²) in [4.78, 5) is 4.65. The third-order valence-corrected chi connectivity index (χ3v) is 4.96. The van der Waals surface area contributed by atoms with Gasteiger partial charge in [-0.1, -0.05) is 6.92 Å². The molecule has 84 valence electrons. The third kappa shape index (κ3) is 2.74. The van der Waals surface area contributed by atoms with Gasteiger partial charge in [-0.3, -0.25) is 0 Å². The van der Waals surface area contributed by atoms with E-state index in [1.807, 2.05) is 18.7 Å². The summed E-state index contributed by atoms with van der Waals surface area (Å²) < 4.78 is 0. The normalized spacial score (nSPS) is 20.4. The monoisotopic (exact) mass is 243 g/mol. The molecular formula is C11H17NOS2. The highest BCUT2D eigenvalue weighted by atomic mass is 32.2. The van der Waals surface area contributed by atoms with Gasteiger partial charge in [0.05, 0.1) is 17.3 Å². The van der Waals surface area contributed by atoms with Crippen molar-refractivity contribution < 1.29 is 5.11 Å². The number of thiazole rings is 1. The molecule has 4 heteroatoms. The Balaban J connectivity index is 2.05. The maximum atomic E-state index is 9.07. The summed E-state index contributed by atoms with van der Waals surface area (Å²) in [6.45, 7) is 2.22. The first-order valence-corrected chi connectivity index (χ1v) is 7.48. The van der Waals surface area contributed by atoms with Gasteiger partial charge in [0.15, 0.2) is 0 Å². The van der Waals surface area contributed by atoms with Crippen LogP contribution in [0.1, 0.15) is 42.3 Å². The van der Waals surface area contributed by atoms with Crippen molar-refractivity contribution in [3.8, 4) is 0 Å². The molecule has 0 aromatic carbocycles. The molecule has 0 radical (unpaired) electrons. The zero-order valence-corrected chi connectivity index (χ0v) is 10.6. The fourth-order valence-corrected chi connectivity index (χ4v) is 3.97. The molecule has 1 unspecified atom stereocenters. The molecule has 0 amide bonds. The number of thioether (sulfide) groups is 1. The van der Waals surface area contributed by atoms with Gasteiger partial charge in [-0.05, 0) is 24.3 Å². The fraction of sp³-hybridized carbons (Fsp3) is 0.727. The van der Waals surface area contributed by atoms with Crippen LogP contribution in [0.3, 0.4) is 0 Å². The van der Waals surface area contributed by atoms with Gasteiger partial charge in [-0.2, -0.15) is 11.8 Å². The number of hydrogen-bond acceptors (Lipinski definition) is 4. The summed E-state index contributed by atoms with van der Waals surface area (Å²) in [5.41, 5.74) is 1.07. The quantitative estimate of drug-likeness (QED) is 0.886. The van der Waals surface area contributed by atoms with Gasteiger partial charge in [0, 0.05) is 17.2 Å². The van der Waals surface area contributed by atoms with Crippen molar-refractivity contribution in [3.05, 3.63) is 16.1 Å². The Hall–Kier alpha value is -0.0600. The first kappa shape index (κ1) is 11.4. The topological polar surface area (TPSA) is 33.1 Å². The van der Waals surface area contributed by atoms with Crippen molar-refractivity contribution in [2.45, 2.75) is 31.6 Å². The Morgan fingerprint density at radius 2 is 2.27 bits per heavy atom. The second kappa shape index (κ2) is 5.32. The van der Waals surface area contributed by atoms with Gasteiger partial charge in [0.1, 0.15) is 0 Å². The van der Waals surface area contributed by atoms with Gasteiger partial charge >= 0.3 is 0 Å². The zero-order chi connectivity index (χ0) is 10.7. The molecule has 1 aromatic heterocycles. The number of hydrogen-bond donors (Lipinski definition) is 1. The first-order chi connectivity index (χ1) is 7.31. The van der Waals surface area contributed by atoms with Crippen molar-refractivity contribution in [1.29, 1.82) is 0 Å². The van der Waals surface area contributed by atoms with Crippen LogP contribution in [0.5, 0.6) is 0 Å².